The van der Waals surface area contributed by atoms with Crippen molar-refractivity contribution in [3.05, 3.63) is 59.7 Å². The van der Waals surface area contributed by atoms with E-state index < -0.39 is 0 Å². The Morgan fingerprint density at radius 1 is 1.04 bits per heavy atom. The van der Waals surface area contributed by atoms with Crippen LogP contribution in [0.1, 0.15) is 11.1 Å². The molecule has 2 aromatic carbocycles. The number of benzene rings is 2. The quantitative estimate of drug-likeness (QED) is 0.840. The second-order valence-corrected chi connectivity index (χ2v) is 6.66. The van der Waals surface area contributed by atoms with Crippen LogP contribution in [0.2, 0.25) is 0 Å². The molecule has 0 unspecified atom stereocenters. The highest BCUT2D eigenvalue weighted by atomic mass is 16.5. The number of carbonyl (C=O) groups excluding carboxylic acids is 1. The topological polar surface area (TPSA) is 44.8 Å². The van der Waals surface area contributed by atoms with Crippen LogP contribution < -0.4 is 15.0 Å². The van der Waals surface area contributed by atoms with Gasteiger partial charge in [-0.05, 0) is 43.2 Å². The summed E-state index contributed by atoms with van der Waals surface area (Å²) < 4.78 is 5.79. The predicted molar refractivity (Wildman–Crippen MR) is 105 cm³/mol. The molecule has 1 N–H and O–H groups in total. The zero-order chi connectivity index (χ0) is 18.4. The number of urea groups is 1. The summed E-state index contributed by atoms with van der Waals surface area (Å²) in [5.74, 6) is 0.885. The fourth-order valence-electron chi connectivity index (χ4n) is 3.10. The number of carbonyl (C=O) groups is 1. The van der Waals surface area contributed by atoms with Crippen molar-refractivity contribution in [3.8, 4) is 5.75 Å². The molecule has 1 fully saturated rings. The Bertz CT molecular complexity index is 725. The third-order valence-electron chi connectivity index (χ3n) is 4.67. The first-order chi connectivity index (χ1) is 12.6. The molecule has 0 bridgehead atoms. The SMILES string of the molecule is Cc1ccc(C)c(OCCNC(=O)N2CCN(c3ccccc3)CC2)c1. The van der Waals surface area contributed by atoms with Crippen LogP contribution in [0, 0.1) is 13.8 Å². The fraction of sp³-hybridized carbons (Fsp3) is 0.381. The summed E-state index contributed by atoms with van der Waals surface area (Å²) in [7, 11) is 0. The Labute approximate surface area is 155 Å². The molecule has 5 heteroatoms. The molecule has 0 aromatic heterocycles. The minimum Gasteiger partial charge on any atom is -0.491 e. The van der Waals surface area contributed by atoms with E-state index in [0.29, 0.717) is 13.2 Å². The first kappa shape index (κ1) is 18.1. The highest BCUT2D eigenvalue weighted by Gasteiger charge is 2.20. The van der Waals surface area contributed by atoms with Crippen LogP contribution in [-0.4, -0.2) is 50.3 Å². The summed E-state index contributed by atoms with van der Waals surface area (Å²) in [5, 5.41) is 2.95. The van der Waals surface area contributed by atoms with Crippen LogP contribution in [0.25, 0.3) is 0 Å². The zero-order valence-electron chi connectivity index (χ0n) is 15.6. The minimum absolute atomic E-state index is 0.0118. The van der Waals surface area contributed by atoms with Crippen LogP contribution >= 0.6 is 0 Å². The molecule has 138 valence electrons. The van der Waals surface area contributed by atoms with Crippen molar-refractivity contribution < 1.29 is 9.53 Å². The molecule has 26 heavy (non-hydrogen) atoms. The molecule has 0 radical (unpaired) electrons. The molecule has 0 saturated carbocycles. The van der Waals surface area contributed by atoms with Gasteiger partial charge in [0.15, 0.2) is 0 Å². The Morgan fingerprint density at radius 3 is 2.50 bits per heavy atom. The summed E-state index contributed by atoms with van der Waals surface area (Å²) in [6.45, 7) is 8.23. The first-order valence-electron chi connectivity index (χ1n) is 9.16. The predicted octanol–water partition coefficient (Wildman–Crippen LogP) is 3.21. The normalized spacial score (nSPS) is 14.2. The maximum absolute atomic E-state index is 12.3. The summed E-state index contributed by atoms with van der Waals surface area (Å²) in [4.78, 5) is 16.5. The van der Waals surface area contributed by atoms with Gasteiger partial charge in [0.1, 0.15) is 12.4 Å². The summed E-state index contributed by atoms with van der Waals surface area (Å²) in [5.41, 5.74) is 3.50. The van der Waals surface area contributed by atoms with Gasteiger partial charge >= 0.3 is 6.03 Å². The number of piperazine rings is 1. The Morgan fingerprint density at radius 2 is 1.77 bits per heavy atom. The van der Waals surface area contributed by atoms with Gasteiger partial charge < -0.3 is 19.9 Å². The van der Waals surface area contributed by atoms with E-state index in [2.05, 4.69) is 34.5 Å². The highest BCUT2D eigenvalue weighted by molar-refractivity contribution is 5.74. The van der Waals surface area contributed by atoms with Crippen LogP contribution in [0.15, 0.2) is 48.5 Å². The lowest BCUT2D eigenvalue weighted by Gasteiger charge is -2.36. The summed E-state index contributed by atoms with van der Waals surface area (Å²) in [6, 6.07) is 16.5. The second kappa shape index (κ2) is 8.61. The molecule has 1 aliphatic rings. The smallest absolute Gasteiger partial charge is 0.317 e. The van der Waals surface area contributed by atoms with Crippen LogP contribution in [0.4, 0.5) is 10.5 Å². The number of anilines is 1. The molecular formula is C21H27N3O2. The maximum atomic E-state index is 12.3. The third-order valence-corrected chi connectivity index (χ3v) is 4.67. The van der Waals surface area contributed by atoms with Gasteiger partial charge in [0.25, 0.3) is 0 Å². The summed E-state index contributed by atoms with van der Waals surface area (Å²) in [6.07, 6.45) is 0. The third kappa shape index (κ3) is 4.69. The Kier molecular flexibility index (Phi) is 6.00. The largest absolute Gasteiger partial charge is 0.491 e. The number of hydrogen-bond acceptors (Lipinski definition) is 3. The van der Waals surface area contributed by atoms with E-state index in [-0.39, 0.29) is 6.03 Å². The Hall–Kier alpha value is -2.69. The number of amides is 2. The van der Waals surface area contributed by atoms with Crippen molar-refractivity contribution in [3.63, 3.8) is 0 Å². The zero-order valence-corrected chi connectivity index (χ0v) is 15.6. The lowest BCUT2D eigenvalue weighted by molar-refractivity contribution is 0.191. The van der Waals surface area contributed by atoms with Gasteiger partial charge in [-0.2, -0.15) is 0 Å². The van der Waals surface area contributed by atoms with Crippen molar-refractivity contribution in [2.24, 2.45) is 0 Å². The van der Waals surface area contributed by atoms with Gasteiger partial charge in [-0.15, -0.1) is 0 Å². The maximum Gasteiger partial charge on any atom is 0.317 e. The molecule has 0 aliphatic carbocycles. The molecule has 3 rings (SSSR count). The van der Waals surface area contributed by atoms with E-state index in [9.17, 15) is 4.79 Å². The second-order valence-electron chi connectivity index (χ2n) is 6.66. The number of rotatable bonds is 5. The molecule has 1 saturated heterocycles. The lowest BCUT2D eigenvalue weighted by atomic mass is 10.1. The van der Waals surface area contributed by atoms with E-state index in [0.717, 1.165) is 37.5 Å². The average Bonchev–Trinajstić information content (AvgIpc) is 2.68. The number of nitrogens with zero attached hydrogens (tertiary/aromatic N) is 2. The van der Waals surface area contributed by atoms with Crippen LogP contribution in [0.3, 0.4) is 0 Å². The number of nitrogens with one attached hydrogen (secondary N) is 1. The van der Waals surface area contributed by atoms with Crippen molar-refractivity contribution in [2.75, 3.05) is 44.2 Å². The van der Waals surface area contributed by atoms with Crippen molar-refractivity contribution in [2.45, 2.75) is 13.8 Å². The van der Waals surface area contributed by atoms with Gasteiger partial charge in [0, 0.05) is 31.9 Å². The molecule has 1 aliphatic heterocycles. The number of aryl methyl sites for hydroxylation is 2. The molecule has 2 amide bonds. The number of hydrogen-bond donors (Lipinski definition) is 1. The first-order valence-corrected chi connectivity index (χ1v) is 9.16. The van der Waals surface area contributed by atoms with E-state index in [1.807, 2.05) is 43.0 Å². The molecule has 0 spiro atoms. The van der Waals surface area contributed by atoms with Gasteiger partial charge in [0.2, 0.25) is 0 Å². The molecule has 0 atom stereocenters. The Balaban J connectivity index is 1.39. The standard InChI is InChI=1S/C21H27N3O2/c1-17-8-9-18(2)20(16-17)26-15-10-22-21(25)24-13-11-23(12-14-24)19-6-4-3-5-7-19/h3-9,16H,10-15H2,1-2H3,(H,22,25). The minimum atomic E-state index is -0.0118. The number of para-hydroxylation sites is 1. The van der Waals surface area contributed by atoms with E-state index in [1.54, 1.807) is 0 Å². The molecular weight excluding hydrogens is 326 g/mol. The van der Waals surface area contributed by atoms with Crippen LogP contribution in [-0.2, 0) is 0 Å². The van der Waals surface area contributed by atoms with E-state index in [4.69, 9.17) is 4.74 Å². The van der Waals surface area contributed by atoms with E-state index >= 15 is 0 Å². The van der Waals surface area contributed by atoms with Crippen molar-refractivity contribution in [1.29, 1.82) is 0 Å². The molecule has 1 heterocycles. The van der Waals surface area contributed by atoms with Crippen molar-refractivity contribution >= 4 is 11.7 Å². The molecule has 2 aromatic rings. The van der Waals surface area contributed by atoms with Crippen molar-refractivity contribution in [1.82, 2.24) is 10.2 Å². The fourth-order valence-corrected chi connectivity index (χ4v) is 3.10. The van der Waals surface area contributed by atoms with Gasteiger partial charge in [-0.25, -0.2) is 4.79 Å². The van der Waals surface area contributed by atoms with Gasteiger partial charge in [0.05, 0.1) is 6.54 Å². The average molecular weight is 353 g/mol. The van der Waals surface area contributed by atoms with Gasteiger partial charge in [-0.1, -0.05) is 30.3 Å². The van der Waals surface area contributed by atoms with E-state index in [1.165, 1.54) is 11.3 Å². The lowest BCUT2D eigenvalue weighted by Crippen LogP contribution is -2.52. The monoisotopic (exact) mass is 353 g/mol. The molecule has 5 nitrogen and oxygen atoms in total. The van der Waals surface area contributed by atoms with Gasteiger partial charge in [-0.3, -0.25) is 0 Å². The number of ether oxygens (including phenoxy) is 1. The highest BCUT2D eigenvalue weighted by Crippen LogP contribution is 2.19. The summed E-state index contributed by atoms with van der Waals surface area (Å²) >= 11 is 0. The van der Waals surface area contributed by atoms with Crippen LogP contribution in [0.5, 0.6) is 5.75 Å².